The minimum atomic E-state index is -5.40. The molecule has 0 aliphatic heterocycles. The van der Waals surface area contributed by atoms with Crippen LogP contribution in [-0.2, 0) is 0 Å². The lowest BCUT2D eigenvalue weighted by Crippen LogP contribution is -2.32. The second-order valence-corrected chi connectivity index (χ2v) is 2.55. The predicted octanol–water partition coefficient (Wildman–Crippen LogP) is 4.06. The second-order valence-electron chi connectivity index (χ2n) is 2.55. The standard InChI is InChI=1S/2C3H3F5/c1-2(4,5)3(6,7)8;4-1-2(5)3(6,7)8/h1H3;2H,1H2. The number of alkyl halides is 10. The summed E-state index contributed by atoms with van der Waals surface area (Å²) in [6.45, 7) is -2.18. The summed E-state index contributed by atoms with van der Waals surface area (Å²) >= 11 is 0. The maximum Gasteiger partial charge on any atom is 0.452 e. The molecule has 0 aromatic carbocycles. The van der Waals surface area contributed by atoms with Crippen molar-refractivity contribution >= 4 is 0 Å². The van der Waals surface area contributed by atoms with Crippen LogP contribution < -0.4 is 0 Å². The molecule has 0 heterocycles. The molecule has 16 heavy (non-hydrogen) atoms. The Labute approximate surface area is 83.2 Å². The fraction of sp³-hybridized carbons (Fsp3) is 1.00. The van der Waals surface area contributed by atoms with Crippen molar-refractivity contribution < 1.29 is 43.9 Å². The van der Waals surface area contributed by atoms with Crippen LogP contribution in [0.1, 0.15) is 6.92 Å². The van der Waals surface area contributed by atoms with Gasteiger partial charge in [0.05, 0.1) is 0 Å². The molecular formula is C6H6F10. The fourth-order valence-corrected chi connectivity index (χ4v) is 0.0875. The SMILES string of the molecule is CC(F)(F)C(F)(F)F.FCC(F)C(F)(F)F. The van der Waals surface area contributed by atoms with Crippen LogP contribution in [0.4, 0.5) is 43.9 Å². The van der Waals surface area contributed by atoms with Crippen LogP contribution in [0.15, 0.2) is 0 Å². The molecule has 0 bridgehead atoms. The average Bonchev–Trinajstić information content (AvgIpc) is 1.98. The third-order valence-corrected chi connectivity index (χ3v) is 0.988. The molecule has 0 amide bonds. The molecule has 0 aliphatic carbocycles. The first-order valence-electron chi connectivity index (χ1n) is 3.44. The van der Waals surface area contributed by atoms with E-state index in [-0.39, 0.29) is 6.92 Å². The van der Waals surface area contributed by atoms with Crippen LogP contribution in [0.25, 0.3) is 0 Å². The molecule has 0 radical (unpaired) electrons. The highest BCUT2D eigenvalue weighted by Crippen LogP contribution is 2.34. The largest absolute Gasteiger partial charge is 0.452 e. The highest BCUT2D eigenvalue weighted by molar-refractivity contribution is 4.67. The molecule has 0 rings (SSSR count). The van der Waals surface area contributed by atoms with E-state index in [0.717, 1.165) is 0 Å². The Morgan fingerprint density at radius 1 is 0.875 bits per heavy atom. The van der Waals surface area contributed by atoms with E-state index >= 15 is 0 Å². The number of halogens is 10. The summed E-state index contributed by atoms with van der Waals surface area (Å²) in [4.78, 5) is 0. The molecule has 0 spiro atoms. The molecule has 0 fully saturated rings. The first kappa shape index (κ1) is 17.7. The van der Waals surface area contributed by atoms with E-state index in [4.69, 9.17) is 0 Å². The molecule has 0 aliphatic rings. The van der Waals surface area contributed by atoms with Gasteiger partial charge in [-0.05, 0) is 0 Å². The zero-order valence-corrected chi connectivity index (χ0v) is 7.56. The van der Waals surface area contributed by atoms with Gasteiger partial charge in [-0.2, -0.15) is 35.1 Å². The Morgan fingerprint density at radius 3 is 1.12 bits per heavy atom. The van der Waals surface area contributed by atoms with Crippen molar-refractivity contribution in [2.45, 2.75) is 31.4 Å². The molecule has 10 heteroatoms. The van der Waals surface area contributed by atoms with Gasteiger partial charge in [0.2, 0.25) is 6.17 Å². The van der Waals surface area contributed by atoms with Gasteiger partial charge in [-0.3, -0.25) is 0 Å². The lowest BCUT2D eigenvalue weighted by molar-refractivity contribution is -0.273. The van der Waals surface area contributed by atoms with E-state index in [9.17, 15) is 43.9 Å². The van der Waals surface area contributed by atoms with Crippen LogP contribution in [-0.4, -0.2) is 31.1 Å². The normalized spacial score (nSPS) is 15.2. The van der Waals surface area contributed by atoms with E-state index in [1.807, 2.05) is 0 Å². The van der Waals surface area contributed by atoms with Crippen molar-refractivity contribution in [3.63, 3.8) is 0 Å². The Balaban J connectivity index is 0. The molecular weight excluding hydrogens is 262 g/mol. The smallest absolute Gasteiger partial charge is 0.248 e. The number of hydrogen-bond acceptors (Lipinski definition) is 0. The lowest BCUT2D eigenvalue weighted by Gasteiger charge is -2.12. The monoisotopic (exact) mass is 268 g/mol. The van der Waals surface area contributed by atoms with E-state index < -0.39 is 31.1 Å². The van der Waals surface area contributed by atoms with Gasteiger partial charge in [0.15, 0.2) is 0 Å². The van der Waals surface area contributed by atoms with Gasteiger partial charge >= 0.3 is 18.3 Å². The van der Waals surface area contributed by atoms with E-state index in [0.29, 0.717) is 0 Å². The highest BCUT2D eigenvalue weighted by atomic mass is 19.4. The molecule has 0 aromatic rings. The summed E-state index contributed by atoms with van der Waals surface area (Å²) in [7, 11) is 0. The van der Waals surface area contributed by atoms with Gasteiger partial charge in [0.25, 0.3) is 0 Å². The van der Waals surface area contributed by atoms with Crippen LogP contribution in [0.2, 0.25) is 0 Å². The first-order chi connectivity index (χ1) is 6.73. The van der Waals surface area contributed by atoms with Crippen molar-refractivity contribution in [3.8, 4) is 0 Å². The van der Waals surface area contributed by atoms with Crippen LogP contribution in [0.5, 0.6) is 0 Å². The fourth-order valence-electron chi connectivity index (χ4n) is 0.0875. The average molecular weight is 268 g/mol. The van der Waals surface area contributed by atoms with Gasteiger partial charge in [0.1, 0.15) is 6.67 Å². The van der Waals surface area contributed by atoms with Gasteiger partial charge in [-0.15, -0.1) is 0 Å². The van der Waals surface area contributed by atoms with Crippen molar-refractivity contribution in [3.05, 3.63) is 0 Å². The Bertz CT molecular complexity index is 171. The van der Waals surface area contributed by atoms with Crippen LogP contribution >= 0.6 is 0 Å². The Kier molecular flexibility index (Phi) is 6.16. The molecule has 1 unspecified atom stereocenters. The summed E-state index contributed by atoms with van der Waals surface area (Å²) in [6, 6.07) is 0. The van der Waals surface area contributed by atoms with E-state index in [1.54, 1.807) is 0 Å². The van der Waals surface area contributed by atoms with Crippen LogP contribution in [0, 0.1) is 0 Å². The van der Waals surface area contributed by atoms with Gasteiger partial charge in [0, 0.05) is 6.92 Å². The first-order valence-corrected chi connectivity index (χ1v) is 3.44. The van der Waals surface area contributed by atoms with E-state index in [2.05, 4.69) is 0 Å². The van der Waals surface area contributed by atoms with Gasteiger partial charge in [-0.1, -0.05) is 0 Å². The zero-order chi connectivity index (χ0) is 13.8. The van der Waals surface area contributed by atoms with Gasteiger partial charge < -0.3 is 0 Å². The van der Waals surface area contributed by atoms with Crippen molar-refractivity contribution in [1.29, 1.82) is 0 Å². The summed E-state index contributed by atoms with van der Waals surface area (Å²) in [5.74, 6) is -4.56. The summed E-state index contributed by atoms with van der Waals surface area (Å²) < 4.78 is 109. The number of rotatable bonds is 1. The molecule has 100 valence electrons. The third-order valence-electron chi connectivity index (χ3n) is 0.988. The summed E-state index contributed by atoms with van der Waals surface area (Å²) in [5.41, 5.74) is 0. The van der Waals surface area contributed by atoms with Crippen molar-refractivity contribution in [1.82, 2.24) is 0 Å². The van der Waals surface area contributed by atoms with E-state index in [1.165, 1.54) is 0 Å². The zero-order valence-electron chi connectivity index (χ0n) is 7.56. The van der Waals surface area contributed by atoms with Crippen molar-refractivity contribution in [2.75, 3.05) is 6.67 Å². The summed E-state index contributed by atoms with van der Waals surface area (Å²) in [6.07, 6.45) is -13.7. The minimum Gasteiger partial charge on any atom is -0.248 e. The maximum atomic E-state index is 11.1. The summed E-state index contributed by atoms with van der Waals surface area (Å²) in [5, 5.41) is 0. The quantitative estimate of drug-likeness (QED) is 0.629. The Hall–Kier alpha value is -0.700. The van der Waals surface area contributed by atoms with Gasteiger partial charge in [-0.25, -0.2) is 8.78 Å². The highest BCUT2D eigenvalue weighted by Gasteiger charge is 2.53. The third kappa shape index (κ3) is 7.57. The Morgan fingerprint density at radius 2 is 1.12 bits per heavy atom. The predicted molar refractivity (Wildman–Crippen MR) is 33.6 cm³/mol. The lowest BCUT2D eigenvalue weighted by atomic mass is 10.4. The molecule has 0 aromatic heterocycles. The van der Waals surface area contributed by atoms with Crippen molar-refractivity contribution in [2.24, 2.45) is 0 Å². The minimum absolute atomic E-state index is 0.188. The van der Waals surface area contributed by atoms with Crippen LogP contribution in [0.3, 0.4) is 0 Å². The molecule has 0 saturated carbocycles. The number of hydrogen-bond donors (Lipinski definition) is 0. The molecule has 0 saturated heterocycles. The maximum absolute atomic E-state index is 11.1. The molecule has 1 atom stereocenters. The topological polar surface area (TPSA) is 0 Å². The molecule has 0 nitrogen and oxygen atoms in total. The molecule has 0 N–H and O–H groups in total. The second kappa shape index (κ2) is 5.58.